The second kappa shape index (κ2) is 5.08. The Morgan fingerprint density at radius 2 is 1.94 bits per heavy atom. The second-order valence-electron chi connectivity index (χ2n) is 3.68. The molecule has 0 aromatic carbocycles. The van der Waals surface area contributed by atoms with Gasteiger partial charge in [-0.25, -0.2) is 0 Å². The molecule has 2 heterocycles. The lowest BCUT2D eigenvalue weighted by Crippen LogP contribution is -2.34. The van der Waals surface area contributed by atoms with E-state index in [1.165, 1.54) is 6.20 Å². The van der Waals surface area contributed by atoms with Gasteiger partial charge in [0.1, 0.15) is 12.4 Å². The smallest absolute Gasteiger partial charge is 0.487 e. The second-order valence-corrected chi connectivity index (χ2v) is 3.68. The highest BCUT2D eigenvalue weighted by molar-refractivity contribution is 6.73. The molecule has 0 spiro atoms. The number of hydrogen-bond acceptors (Lipinski definition) is 3. The fourth-order valence-corrected chi connectivity index (χ4v) is 1.34. The van der Waals surface area contributed by atoms with Gasteiger partial charge in [-0.3, -0.25) is 9.97 Å². The van der Waals surface area contributed by atoms with Crippen molar-refractivity contribution in [2.24, 2.45) is 0 Å². The summed E-state index contributed by atoms with van der Waals surface area (Å²) in [5.74, 6) is 0.0931. The van der Waals surface area contributed by atoms with Crippen LogP contribution in [-0.2, 0) is 6.61 Å². The first kappa shape index (κ1) is 12.4. The van der Waals surface area contributed by atoms with Crippen LogP contribution in [0.3, 0.4) is 0 Å². The van der Waals surface area contributed by atoms with Gasteiger partial charge in [-0.05, 0) is 12.1 Å². The highest BCUT2D eigenvalue weighted by Gasteiger charge is 2.26. The maximum Gasteiger partial charge on any atom is 0.511 e. The Morgan fingerprint density at radius 3 is 2.61 bits per heavy atom. The zero-order chi connectivity index (χ0) is 13.0. The molecule has 0 aliphatic carbocycles. The molecule has 2 aromatic rings. The van der Waals surface area contributed by atoms with Crippen LogP contribution in [0.4, 0.5) is 12.9 Å². The van der Waals surface area contributed by atoms with Gasteiger partial charge in [-0.1, -0.05) is 11.5 Å². The van der Waals surface area contributed by atoms with Gasteiger partial charge in [0, 0.05) is 24.2 Å². The van der Waals surface area contributed by atoms with Gasteiger partial charge in [0.05, 0.1) is 6.20 Å². The van der Waals surface area contributed by atoms with Crippen LogP contribution < -0.4 is 10.2 Å². The summed E-state index contributed by atoms with van der Waals surface area (Å²) in [7, 11) is 0. The molecular weight excluding hydrogens is 244 g/mol. The fourth-order valence-electron chi connectivity index (χ4n) is 1.34. The third-order valence-electron chi connectivity index (χ3n) is 2.24. The van der Waals surface area contributed by atoms with Crippen LogP contribution in [0.25, 0.3) is 0 Å². The molecule has 3 nitrogen and oxygen atoms in total. The minimum absolute atomic E-state index is 0.0931. The first-order valence-electron chi connectivity index (χ1n) is 5.22. The summed E-state index contributed by atoms with van der Waals surface area (Å²) in [5.41, 5.74) is 0.0131. The molecule has 0 N–H and O–H groups in total. The van der Waals surface area contributed by atoms with Crippen molar-refractivity contribution >= 4 is 12.4 Å². The molecule has 0 unspecified atom stereocenters. The third-order valence-corrected chi connectivity index (χ3v) is 2.24. The fraction of sp³-hybridized carbons (Fsp3) is 0.0909. The van der Waals surface area contributed by atoms with E-state index in [9.17, 15) is 12.9 Å². The molecular formula is C11H9BF3N2O-. The average molecular weight is 253 g/mol. The van der Waals surface area contributed by atoms with E-state index in [4.69, 9.17) is 4.74 Å². The zero-order valence-corrected chi connectivity index (χ0v) is 9.26. The normalized spacial score (nSPS) is 11.3. The van der Waals surface area contributed by atoms with Crippen molar-refractivity contribution in [3.8, 4) is 5.75 Å². The molecule has 0 saturated heterocycles. The summed E-state index contributed by atoms with van der Waals surface area (Å²) < 4.78 is 42.7. The number of aromatic nitrogens is 2. The standard InChI is InChI=1S/C11H9BF3N2O/c13-12(14,15)10-4-11(7-17-6-10)18-8-9-2-1-3-16-5-9/h1-7H,8H2/q-1. The van der Waals surface area contributed by atoms with E-state index in [0.717, 1.165) is 17.8 Å². The molecule has 0 saturated carbocycles. The Hall–Kier alpha value is -2.05. The zero-order valence-electron chi connectivity index (χ0n) is 9.26. The number of nitrogens with zero attached hydrogens (tertiary/aromatic N) is 2. The molecule has 0 fully saturated rings. The van der Waals surface area contributed by atoms with Crippen LogP contribution in [0.2, 0.25) is 0 Å². The number of hydrogen-bond donors (Lipinski definition) is 0. The molecule has 2 aromatic heterocycles. The van der Waals surface area contributed by atoms with Crippen molar-refractivity contribution in [3.05, 3.63) is 48.5 Å². The summed E-state index contributed by atoms with van der Waals surface area (Å²) in [6, 6.07) is 4.45. The third kappa shape index (κ3) is 3.22. The van der Waals surface area contributed by atoms with E-state index in [1.807, 2.05) is 0 Å². The van der Waals surface area contributed by atoms with Crippen LogP contribution in [0.15, 0.2) is 43.0 Å². The van der Waals surface area contributed by atoms with Crippen molar-refractivity contribution in [2.75, 3.05) is 0 Å². The van der Waals surface area contributed by atoms with Gasteiger partial charge in [-0.2, -0.15) is 0 Å². The summed E-state index contributed by atoms with van der Waals surface area (Å²) >= 11 is 0. The molecule has 0 amide bonds. The van der Waals surface area contributed by atoms with Crippen LogP contribution in [0, 0.1) is 0 Å². The lowest BCUT2D eigenvalue weighted by Gasteiger charge is -2.15. The largest absolute Gasteiger partial charge is 0.511 e. The first-order valence-corrected chi connectivity index (χ1v) is 5.22. The number of pyridine rings is 2. The monoisotopic (exact) mass is 253 g/mol. The van der Waals surface area contributed by atoms with E-state index in [-0.39, 0.29) is 12.4 Å². The Balaban J connectivity index is 2.06. The maximum absolute atomic E-state index is 12.5. The lowest BCUT2D eigenvalue weighted by molar-refractivity contribution is 0.304. The number of ether oxygens (including phenoxy) is 1. The van der Waals surface area contributed by atoms with Crippen LogP contribution in [-0.4, -0.2) is 16.9 Å². The van der Waals surface area contributed by atoms with E-state index in [2.05, 4.69) is 9.97 Å². The summed E-state index contributed by atoms with van der Waals surface area (Å²) in [6.07, 6.45) is 5.24. The van der Waals surface area contributed by atoms with Crippen molar-refractivity contribution in [2.45, 2.75) is 6.61 Å². The first-order chi connectivity index (χ1) is 8.55. The molecule has 2 rings (SSSR count). The Bertz CT molecular complexity index is 519. The summed E-state index contributed by atoms with van der Waals surface area (Å²) in [4.78, 5) is 7.40. The molecule has 18 heavy (non-hydrogen) atoms. The molecule has 7 heteroatoms. The molecule has 0 atom stereocenters. The van der Waals surface area contributed by atoms with E-state index in [0.29, 0.717) is 0 Å². The Kier molecular flexibility index (Phi) is 3.50. The predicted octanol–water partition coefficient (Wildman–Crippen LogP) is 2.11. The summed E-state index contributed by atoms with van der Waals surface area (Å²) in [6.45, 7) is -4.89. The van der Waals surface area contributed by atoms with Crippen LogP contribution in [0.5, 0.6) is 5.75 Å². The quantitative estimate of drug-likeness (QED) is 0.782. The van der Waals surface area contributed by atoms with Crippen LogP contribution >= 0.6 is 0 Å². The predicted molar refractivity (Wildman–Crippen MR) is 61.5 cm³/mol. The molecule has 0 aliphatic heterocycles. The molecule has 0 aliphatic rings. The van der Waals surface area contributed by atoms with E-state index < -0.39 is 12.4 Å². The number of rotatable bonds is 4. The Labute approximate surface area is 102 Å². The summed E-state index contributed by atoms with van der Waals surface area (Å²) in [5, 5.41) is 0. The highest BCUT2D eigenvalue weighted by atomic mass is 19.4. The van der Waals surface area contributed by atoms with Crippen molar-refractivity contribution in [1.29, 1.82) is 0 Å². The lowest BCUT2D eigenvalue weighted by atomic mass is 9.81. The highest BCUT2D eigenvalue weighted by Crippen LogP contribution is 2.14. The van der Waals surface area contributed by atoms with Gasteiger partial charge in [0.25, 0.3) is 0 Å². The minimum atomic E-state index is -5.05. The van der Waals surface area contributed by atoms with Gasteiger partial charge in [0.15, 0.2) is 0 Å². The van der Waals surface area contributed by atoms with E-state index in [1.54, 1.807) is 24.5 Å². The van der Waals surface area contributed by atoms with Gasteiger partial charge < -0.3 is 17.7 Å². The van der Waals surface area contributed by atoms with Gasteiger partial charge >= 0.3 is 6.98 Å². The molecule has 0 radical (unpaired) electrons. The topological polar surface area (TPSA) is 35.0 Å². The molecule has 94 valence electrons. The molecule has 0 bridgehead atoms. The van der Waals surface area contributed by atoms with Gasteiger partial charge in [0.2, 0.25) is 0 Å². The van der Waals surface area contributed by atoms with Gasteiger partial charge in [-0.15, -0.1) is 0 Å². The van der Waals surface area contributed by atoms with Crippen molar-refractivity contribution < 1.29 is 17.7 Å². The van der Waals surface area contributed by atoms with Crippen molar-refractivity contribution in [1.82, 2.24) is 9.97 Å². The van der Waals surface area contributed by atoms with Crippen LogP contribution in [0.1, 0.15) is 5.56 Å². The van der Waals surface area contributed by atoms with Crippen molar-refractivity contribution in [3.63, 3.8) is 0 Å². The Morgan fingerprint density at radius 1 is 1.11 bits per heavy atom. The van der Waals surface area contributed by atoms with E-state index >= 15 is 0 Å². The maximum atomic E-state index is 12.5. The average Bonchev–Trinajstić information content (AvgIpc) is 2.37. The minimum Gasteiger partial charge on any atom is -0.487 e. The number of halogens is 3. The SMILES string of the molecule is F[B-](F)(F)c1cncc(OCc2cccnc2)c1.